The lowest BCUT2D eigenvalue weighted by Gasteiger charge is -2.30. The van der Waals surface area contributed by atoms with E-state index in [1.165, 1.54) is 12.8 Å². The van der Waals surface area contributed by atoms with E-state index in [-0.39, 0.29) is 18.6 Å². The number of amides is 1. The second kappa shape index (κ2) is 8.27. The SMILES string of the molecule is CNC(=O)c1ccc(C(CO)NCC2CCN(C)CC2)cc1. The van der Waals surface area contributed by atoms with E-state index in [1.54, 1.807) is 19.2 Å². The Kier molecular flexibility index (Phi) is 6.36. The molecule has 1 aliphatic heterocycles. The van der Waals surface area contributed by atoms with Gasteiger partial charge in [0.15, 0.2) is 0 Å². The Balaban J connectivity index is 1.89. The van der Waals surface area contributed by atoms with Crippen molar-refractivity contribution in [3.8, 4) is 0 Å². The van der Waals surface area contributed by atoms with Gasteiger partial charge in [0, 0.05) is 12.6 Å². The molecule has 2 rings (SSSR count). The first kappa shape index (κ1) is 16.9. The van der Waals surface area contributed by atoms with Gasteiger partial charge in [0.05, 0.1) is 12.6 Å². The molecule has 122 valence electrons. The summed E-state index contributed by atoms with van der Waals surface area (Å²) in [4.78, 5) is 13.9. The highest BCUT2D eigenvalue weighted by atomic mass is 16.3. The number of likely N-dealkylation sites (tertiary alicyclic amines) is 1. The highest BCUT2D eigenvalue weighted by molar-refractivity contribution is 5.93. The summed E-state index contributed by atoms with van der Waals surface area (Å²) in [6.45, 7) is 3.29. The molecule has 1 heterocycles. The maximum atomic E-state index is 11.5. The Morgan fingerprint density at radius 1 is 1.32 bits per heavy atom. The summed E-state index contributed by atoms with van der Waals surface area (Å²) < 4.78 is 0. The van der Waals surface area contributed by atoms with Gasteiger partial charge in [0.1, 0.15) is 0 Å². The Labute approximate surface area is 132 Å². The molecule has 22 heavy (non-hydrogen) atoms. The first-order chi connectivity index (χ1) is 10.6. The van der Waals surface area contributed by atoms with E-state index in [0.717, 1.165) is 25.2 Å². The van der Waals surface area contributed by atoms with Gasteiger partial charge in [0.2, 0.25) is 0 Å². The number of benzene rings is 1. The van der Waals surface area contributed by atoms with Crippen LogP contribution >= 0.6 is 0 Å². The molecule has 0 aliphatic carbocycles. The molecule has 0 radical (unpaired) electrons. The molecule has 0 aromatic heterocycles. The number of rotatable bonds is 6. The lowest BCUT2D eigenvalue weighted by molar-refractivity contribution is 0.0963. The monoisotopic (exact) mass is 305 g/mol. The van der Waals surface area contributed by atoms with Gasteiger partial charge in [-0.15, -0.1) is 0 Å². The molecule has 1 fully saturated rings. The highest BCUT2D eigenvalue weighted by Gasteiger charge is 2.18. The third kappa shape index (κ3) is 4.53. The number of carbonyl (C=O) groups is 1. The fraction of sp³-hybridized carbons (Fsp3) is 0.588. The van der Waals surface area contributed by atoms with E-state index >= 15 is 0 Å². The van der Waals surface area contributed by atoms with E-state index in [2.05, 4.69) is 22.6 Å². The van der Waals surface area contributed by atoms with Crippen molar-refractivity contribution in [3.63, 3.8) is 0 Å². The van der Waals surface area contributed by atoms with Gasteiger partial charge in [-0.05, 0) is 63.1 Å². The van der Waals surface area contributed by atoms with Crippen LogP contribution in [0, 0.1) is 5.92 Å². The van der Waals surface area contributed by atoms with Crippen molar-refractivity contribution in [1.29, 1.82) is 0 Å². The first-order valence-electron chi connectivity index (χ1n) is 7.99. The summed E-state index contributed by atoms with van der Waals surface area (Å²) in [5, 5.41) is 15.7. The number of nitrogens with zero attached hydrogens (tertiary/aromatic N) is 1. The molecule has 5 heteroatoms. The number of nitrogens with one attached hydrogen (secondary N) is 2. The van der Waals surface area contributed by atoms with Crippen LogP contribution in [0.1, 0.15) is 34.8 Å². The molecule has 0 saturated carbocycles. The van der Waals surface area contributed by atoms with Crippen molar-refractivity contribution in [1.82, 2.24) is 15.5 Å². The van der Waals surface area contributed by atoms with Crippen LogP contribution in [0.2, 0.25) is 0 Å². The first-order valence-corrected chi connectivity index (χ1v) is 7.99. The number of aliphatic hydroxyl groups excluding tert-OH is 1. The molecular weight excluding hydrogens is 278 g/mol. The molecular formula is C17H27N3O2. The standard InChI is InChI=1S/C17H27N3O2/c1-18-17(22)15-5-3-14(4-6-15)16(12-21)19-11-13-7-9-20(2)10-8-13/h3-6,13,16,19,21H,7-12H2,1-2H3,(H,18,22). The number of hydrogen-bond donors (Lipinski definition) is 3. The average molecular weight is 305 g/mol. The molecule has 0 spiro atoms. The van der Waals surface area contributed by atoms with Crippen molar-refractivity contribution in [2.45, 2.75) is 18.9 Å². The number of hydrogen-bond acceptors (Lipinski definition) is 4. The van der Waals surface area contributed by atoms with Gasteiger partial charge >= 0.3 is 0 Å². The second-order valence-corrected chi connectivity index (χ2v) is 6.09. The van der Waals surface area contributed by atoms with Gasteiger partial charge in [-0.2, -0.15) is 0 Å². The lowest BCUT2D eigenvalue weighted by Crippen LogP contribution is -2.36. The topological polar surface area (TPSA) is 64.6 Å². The van der Waals surface area contributed by atoms with E-state index in [1.807, 2.05) is 12.1 Å². The average Bonchev–Trinajstić information content (AvgIpc) is 2.57. The predicted molar refractivity (Wildman–Crippen MR) is 87.9 cm³/mol. The quantitative estimate of drug-likeness (QED) is 0.734. The van der Waals surface area contributed by atoms with Crippen LogP contribution < -0.4 is 10.6 Å². The molecule has 1 aliphatic rings. The zero-order chi connectivity index (χ0) is 15.9. The van der Waals surface area contributed by atoms with Crippen molar-refractivity contribution >= 4 is 5.91 Å². The normalized spacial score (nSPS) is 18.1. The minimum Gasteiger partial charge on any atom is -0.394 e. The summed E-state index contributed by atoms with van der Waals surface area (Å²) in [6.07, 6.45) is 2.41. The summed E-state index contributed by atoms with van der Waals surface area (Å²) in [7, 11) is 3.78. The third-order valence-corrected chi connectivity index (χ3v) is 4.48. The fourth-order valence-electron chi connectivity index (χ4n) is 2.87. The van der Waals surface area contributed by atoms with Crippen LogP contribution in [0.4, 0.5) is 0 Å². The van der Waals surface area contributed by atoms with Gasteiger partial charge in [-0.25, -0.2) is 0 Å². The van der Waals surface area contributed by atoms with Crippen LogP contribution in [-0.4, -0.2) is 56.3 Å². The van der Waals surface area contributed by atoms with Crippen LogP contribution in [0.5, 0.6) is 0 Å². The zero-order valence-electron chi connectivity index (χ0n) is 13.5. The zero-order valence-corrected chi connectivity index (χ0v) is 13.5. The molecule has 1 aromatic rings. The van der Waals surface area contributed by atoms with E-state index in [0.29, 0.717) is 11.5 Å². The van der Waals surface area contributed by atoms with Crippen molar-refractivity contribution in [3.05, 3.63) is 35.4 Å². The smallest absolute Gasteiger partial charge is 0.251 e. The van der Waals surface area contributed by atoms with Crippen LogP contribution in [-0.2, 0) is 0 Å². The molecule has 1 unspecified atom stereocenters. The van der Waals surface area contributed by atoms with Gasteiger partial charge in [0.25, 0.3) is 5.91 Å². The molecule has 1 atom stereocenters. The third-order valence-electron chi connectivity index (χ3n) is 4.48. The molecule has 1 aromatic carbocycles. The lowest BCUT2D eigenvalue weighted by atomic mass is 9.96. The van der Waals surface area contributed by atoms with Gasteiger partial charge in [-0.1, -0.05) is 12.1 Å². The number of aliphatic hydroxyl groups is 1. The summed E-state index contributed by atoms with van der Waals surface area (Å²) in [5.74, 6) is 0.585. The van der Waals surface area contributed by atoms with E-state index in [4.69, 9.17) is 0 Å². The van der Waals surface area contributed by atoms with Crippen LogP contribution in [0.25, 0.3) is 0 Å². The molecule has 3 N–H and O–H groups in total. The Bertz CT molecular complexity index is 467. The molecule has 1 amide bonds. The van der Waals surface area contributed by atoms with Crippen molar-refractivity contribution in [2.24, 2.45) is 5.92 Å². The van der Waals surface area contributed by atoms with E-state index < -0.39 is 0 Å². The maximum Gasteiger partial charge on any atom is 0.251 e. The summed E-state index contributed by atoms with van der Waals surface area (Å²) in [5.41, 5.74) is 1.65. The second-order valence-electron chi connectivity index (χ2n) is 6.09. The van der Waals surface area contributed by atoms with Gasteiger partial charge < -0.3 is 20.6 Å². The number of carbonyl (C=O) groups excluding carboxylic acids is 1. The van der Waals surface area contributed by atoms with Gasteiger partial charge in [-0.3, -0.25) is 4.79 Å². The summed E-state index contributed by atoms with van der Waals surface area (Å²) >= 11 is 0. The Morgan fingerprint density at radius 3 is 2.50 bits per heavy atom. The fourth-order valence-corrected chi connectivity index (χ4v) is 2.87. The molecule has 1 saturated heterocycles. The largest absolute Gasteiger partial charge is 0.394 e. The predicted octanol–water partition coefficient (Wildman–Crippen LogP) is 1.01. The summed E-state index contributed by atoms with van der Waals surface area (Å²) in [6, 6.07) is 7.35. The van der Waals surface area contributed by atoms with Crippen LogP contribution in [0.15, 0.2) is 24.3 Å². The maximum absolute atomic E-state index is 11.5. The van der Waals surface area contributed by atoms with Crippen LogP contribution in [0.3, 0.4) is 0 Å². The minimum atomic E-state index is -0.0913. The van der Waals surface area contributed by atoms with E-state index in [9.17, 15) is 9.90 Å². The van der Waals surface area contributed by atoms with Crippen molar-refractivity contribution in [2.75, 3.05) is 40.3 Å². The molecule has 5 nitrogen and oxygen atoms in total. The van der Waals surface area contributed by atoms with Crippen molar-refractivity contribution < 1.29 is 9.90 Å². The highest BCUT2D eigenvalue weighted by Crippen LogP contribution is 2.18. The minimum absolute atomic E-state index is 0.0615. The number of piperidine rings is 1. The Morgan fingerprint density at radius 2 is 1.95 bits per heavy atom. The molecule has 0 bridgehead atoms. The Hall–Kier alpha value is -1.43.